The fraction of sp³-hybridized carbons (Fsp3) is 0.360. The van der Waals surface area contributed by atoms with Gasteiger partial charge in [0.25, 0.3) is 0 Å². The van der Waals surface area contributed by atoms with E-state index in [9.17, 15) is 13.7 Å². The summed E-state index contributed by atoms with van der Waals surface area (Å²) >= 11 is 0. The number of sulfonamides is 1. The van der Waals surface area contributed by atoms with E-state index in [0.717, 1.165) is 25.8 Å². The minimum Gasteiger partial charge on any atom is -0.419 e. The Balaban J connectivity index is 1.39. The average molecular weight is 463 g/mol. The molecule has 5 rings (SSSR count). The van der Waals surface area contributed by atoms with Crippen LogP contribution in [0, 0.1) is 17.2 Å². The van der Waals surface area contributed by atoms with Crippen LogP contribution in [-0.4, -0.2) is 37.3 Å². The minimum atomic E-state index is -3.53. The van der Waals surface area contributed by atoms with Crippen molar-refractivity contribution in [2.45, 2.75) is 37.6 Å². The lowest BCUT2D eigenvalue weighted by Crippen LogP contribution is -2.39. The van der Waals surface area contributed by atoms with E-state index in [1.165, 1.54) is 11.1 Å². The minimum absolute atomic E-state index is 0.239. The molecule has 0 bridgehead atoms. The van der Waals surface area contributed by atoms with Crippen LogP contribution in [0.3, 0.4) is 0 Å². The third kappa shape index (κ3) is 4.14. The molecule has 2 aromatic carbocycles. The number of oxazole rings is 1. The Hall–Kier alpha value is -3.15. The second-order valence-corrected chi connectivity index (χ2v) is 10.8. The Morgan fingerprint density at radius 3 is 2.58 bits per heavy atom. The van der Waals surface area contributed by atoms with Gasteiger partial charge in [0.1, 0.15) is 6.07 Å². The largest absolute Gasteiger partial charge is 0.419 e. The van der Waals surface area contributed by atoms with Gasteiger partial charge in [-0.3, -0.25) is 0 Å². The van der Waals surface area contributed by atoms with E-state index < -0.39 is 10.0 Å². The van der Waals surface area contributed by atoms with Crippen molar-refractivity contribution < 1.29 is 12.8 Å². The van der Waals surface area contributed by atoms with Gasteiger partial charge in [0, 0.05) is 31.7 Å². The molecule has 3 heterocycles. The molecular weight excluding hydrogens is 436 g/mol. The SMILES string of the molecule is C[C@H]1CCCN(S(=O)(=O)c2ccc(-c3nc(C#N)c(N4CCc5ccccc5C4)o3)cc2)C1. The molecular formula is C25H26N4O3S. The molecule has 3 aromatic rings. The highest BCUT2D eigenvalue weighted by Crippen LogP contribution is 2.32. The van der Waals surface area contributed by atoms with Crippen LogP contribution in [0.5, 0.6) is 0 Å². The number of nitriles is 1. The molecule has 0 saturated carbocycles. The number of anilines is 1. The van der Waals surface area contributed by atoms with Gasteiger partial charge in [-0.2, -0.15) is 14.6 Å². The summed E-state index contributed by atoms with van der Waals surface area (Å²) < 4.78 is 33.7. The summed E-state index contributed by atoms with van der Waals surface area (Å²) in [6.45, 7) is 4.59. The first-order valence-corrected chi connectivity index (χ1v) is 12.7. The van der Waals surface area contributed by atoms with Crippen molar-refractivity contribution >= 4 is 15.9 Å². The Kier molecular flexibility index (Phi) is 5.69. The van der Waals surface area contributed by atoms with Crippen molar-refractivity contribution in [1.29, 1.82) is 5.26 Å². The maximum absolute atomic E-state index is 13.0. The van der Waals surface area contributed by atoms with Gasteiger partial charge >= 0.3 is 0 Å². The molecule has 0 radical (unpaired) electrons. The molecule has 0 spiro atoms. The molecule has 8 heteroatoms. The van der Waals surface area contributed by atoms with E-state index in [-0.39, 0.29) is 10.6 Å². The van der Waals surface area contributed by atoms with Gasteiger partial charge in [0.05, 0.1) is 4.90 Å². The van der Waals surface area contributed by atoms with Crippen LogP contribution < -0.4 is 4.90 Å². The summed E-state index contributed by atoms with van der Waals surface area (Å²) in [6, 6.07) is 17.0. The van der Waals surface area contributed by atoms with Crippen LogP contribution in [0.25, 0.3) is 11.5 Å². The first-order valence-electron chi connectivity index (χ1n) is 11.3. The summed E-state index contributed by atoms with van der Waals surface area (Å²) in [5.74, 6) is 1.14. The van der Waals surface area contributed by atoms with E-state index in [1.807, 2.05) is 17.0 Å². The zero-order valence-corrected chi connectivity index (χ0v) is 19.4. The standard InChI is InChI=1S/C25H26N4O3S/c1-18-5-4-13-29(16-18)33(30,31)22-10-8-20(9-11-22)24-27-23(15-26)25(32-24)28-14-12-19-6-2-3-7-21(19)17-28/h2-3,6-11,18H,4-5,12-14,16-17H2,1H3/t18-/m0/s1. The molecule has 0 amide bonds. The lowest BCUT2D eigenvalue weighted by Gasteiger charge is -2.30. The van der Waals surface area contributed by atoms with Gasteiger partial charge in [-0.25, -0.2) is 8.42 Å². The third-order valence-electron chi connectivity index (χ3n) is 6.49. The number of aromatic nitrogens is 1. The van der Waals surface area contributed by atoms with Crippen molar-refractivity contribution in [3.63, 3.8) is 0 Å². The molecule has 1 aromatic heterocycles. The lowest BCUT2D eigenvalue weighted by atomic mass is 10.00. The number of fused-ring (bicyclic) bond motifs is 1. The molecule has 33 heavy (non-hydrogen) atoms. The van der Waals surface area contributed by atoms with Crippen LogP contribution in [0.1, 0.15) is 36.6 Å². The van der Waals surface area contributed by atoms with E-state index in [4.69, 9.17) is 4.42 Å². The Morgan fingerprint density at radius 2 is 1.85 bits per heavy atom. The third-order valence-corrected chi connectivity index (χ3v) is 8.37. The number of hydrogen-bond donors (Lipinski definition) is 0. The Bertz CT molecular complexity index is 1310. The van der Waals surface area contributed by atoms with E-state index in [2.05, 4.69) is 30.1 Å². The molecule has 0 aliphatic carbocycles. The van der Waals surface area contributed by atoms with Gasteiger partial charge < -0.3 is 9.32 Å². The number of piperidine rings is 1. The second-order valence-electron chi connectivity index (χ2n) is 8.86. The van der Waals surface area contributed by atoms with Gasteiger partial charge in [0.15, 0.2) is 0 Å². The highest BCUT2D eigenvalue weighted by atomic mass is 32.2. The Morgan fingerprint density at radius 1 is 1.09 bits per heavy atom. The monoisotopic (exact) mass is 462 g/mol. The van der Waals surface area contributed by atoms with Crippen molar-refractivity contribution in [3.05, 3.63) is 65.4 Å². The maximum Gasteiger partial charge on any atom is 0.243 e. The maximum atomic E-state index is 13.0. The topological polar surface area (TPSA) is 90.4 Å². The first kappa shape index (κ1) is 21.7. The number of benzene rings is 2. The Labute approximate surface area is 194 Å². The summed E-state index contributed by atoms with van der Waals surface area (Å²) in [7, 11) is -3.53. The number of rotatable bonds is 4. The van der Waals surface area contributed by atoms with Crippen molar-refractivity contribution in [1.82, 2.24) is 9.29 Å². The molecule has 0 unspecified atom stereocenters. The molecule has 2 aliphatic rings. The predicted molar refractivity (Wildman–Crippen MR) is 125 cm³/mol. The first-order chi connectivity index (χ1) is 16.0. The molecule has 1 atom stereocenters. The molecule has 7 nitrogen and oxygen atoms in total. The van der Waals surface area contributed by atoms with Gasteiger partial charge in [-0.15, -0.1) is 0 Å². The predicted octanol–water partition coefficient (Wildman–Crippen LogP) is 4.20. The second kappa shape index (κ2) is 8.65. The highest BCUT2D eigenvalue weighted by molar-refractivity contribution is 7.89. The van der Waals surface area contributed by atoms with Gasteiger partial charge in [0.2, 0.25) is 27.5 Å². The molecule has 0 N–H and O–H groups in total. The van der Waals surface area contributed by atoms with Crippen molar-refractivity contribution in [3.8, 4) is 17.5 Å². The fourth-order valence-corrected chi connectivity index (χ4v) is 6.27. The van der Waals surface area contributed by atoms with Crippen LogP contribution in [-0.2, 0) is 23.0 Å². The zero-order valence-electron chi connectivity index (χ0n) is 18.6. The van der Waals surface area contributed by atoms with E-state index in [0.29, 0.717) is 42.9 Å². The summed E-state index contributed by atoms with van der Waals surface area (Å²) in [4.78, 5) is 6.69. The summed E-state index contributed by atoms with van der Waals surface area (Å²) in [6.07, 6.45) is 2.81. The summed E-state index contributed by atoms with van der Waals surface area (Å²) in [5.41, 5.74) is 3.41. The fourth-order valence-electron chi connectivity index (χ4n) is 4.67. The molecule has 2 aliphatic heterocycles. The molecule has 170 valence electrons. The summed E-state index contributed by atoms with van der Waals surface area (Å²) in [5, 5.41) is 9.64. The average Bonchev–Trinajstić information content (AvgIpc) is 3.28. The van der Waals surface area contributed by atoms with Crippen LogP contribution in [0.2, 0.25) is 0 Å². The van der Waals surface area contributed by atoms with E-state index >= 15 is 0 Å². The quantitative estimate of drug-likeness (QED) is 0.577. The van der Waals surface area contributed by atoms with Gasteiger partial charge in [-0.05, 0) is 60.6 Å². The van der Waals surface area contributed by atoms with E-state index in [1.54, 1.807) is 28.6 Å². The molecule has 1 fully saturated rings. The highest BCUT2D eigenvalue weighted by Gasteiger charge is 2.29. The smallest absolute Gasteiger partial charge is 0.243 e. The van der Waals surface area contributed by atoms with Crippen molar-refractivity contribution in [2.75, 3.05) is 24.5 Å². The van der Waals surface area contributed by atoms with Crippen LogP contribution in [0.4, 0.5) is 5.88 Å². The van der Waals surface area contributed by atoms with Crippen molar-refractivity contribution in [2.24, 2.45) is 5.92 Å². The normalized spacial score (nSPS) is 19.2. The van der Waals surface area contributed by atoms with Gasteiger partial charge in [-0.1, -0.05) is 31.2 Å². The number of nitrogens with zero attached hydrogens (tertiary/aromatic N) is 4. The van der Waals surface area contributed by atoms with Crippen LogP contribution >= 0.6 is 0 Å². The van der Waals surface area contributed by atoms with Crippen LogP contribution in [0.15, 0.2) is 57.8 Å². The number of hydrogen-bond acceptors (Lipinski definition) is 6. The lowest BCUT2D eigenvalue weighted by molar-refractivity contribution is 0.281. The molecule has 1 saturated heterocycles. The zero-order chi connectivity index (χ0) is 23.0.